The second-order valence-corrected chi connectivity index (χ2v) is 10.8. The Morgan fingerprint density at radius 3 is 2.61 bits per heavy atom. The highest BCUT2D eigenvalue weighted by Gasteiger charge is 2.40. The van der Waals surface area contributed by atoms with Crippen molar-refractivity contribution in [2.24, 2.45) is 0 Å². The van der Waals surface area contributed by atoms with Crippen LogP contribution in [0.5, 0.6) is 11.5 Å². The third-order valence-electron chi connectivity index (χ3n) is 7.04. The van der Waals surface area contributed by atoms with E-state index in [1.165, 1.54) is 17.2 Å². The second kappa shape index (κ2) is 10.8. The third kappa shape index (κ3) is 4.83. The summed E-state index contributed by atoms with van der Waals surface area (Å²) in [6, 6.07) is 18.7. The average molecular weight is 613 g/mol. The molecule has 0 spiro atoms. The number of halogens is 1. The van der Waals surface area contributed by atoms with Crippen LogP contribution >= 0.6 is 34.8 Å². The number of rotatable bonds is 6. The molecule has 186 valence electrons. The van der Waals surface area contributed by atoms with Gasteiger partial charge in [-0.15, -0.1) is 0 Å². The Morgan fingerprint density at radius 2 is 1.83 bits per heavy atom. The Hall–Kier alpha value is -2.65. The first-order chi connectivity index (χ1) is 17.5. The van der Waals surface area contributed by atoms with Gasteiger partial charge in [0.05, 0.1) is 10.7 Å². The number of hydrogen-bond acceptors (Lipinski definition) is 4. The minimum atomic E-state index is -0.0142. The molecule has 7 heteroatoms. The maximum Gasteiger partial charge on any atom is 0.277 e. The number of likely N-dealkylation sites (N-methyl/N-ethyl adjacent to an activating group) is 1. The molecule has 1 aliphatic carbocycles. The summed E-state index contributed by atoms with van der Waals surface area (Å²) < 4.78 is 12.9. The minimum Gasteiger partial charge on any atom is -0.493 e. The summed E-state index contributed by atoms with van der Waals surface area (Å²) in [6.07, 6.45) is 7.46. The number of ether oxygens (including phenoxy) is 2. The summed E-state index contributed by atoms with van der Waals surface area (Å²) >= 11 is 7.94. The van der Waals surface area contributed by atoms with Crippen molar-refractivity contribution in [3.8, 4) is 11.5 Å². The fraction of sp³-hybridized carbons (Fsp3) is 0.310. The maximum absolute atomic E-state index is 13.4. The molecule has 3 aromatic carbocycles. The molecule has 0 aromatic heterocycles. The molecule has 2 fully saturated rings. The lowest BCUT2D eigenvalue weighted by Crippen LogP contribution is -2.41. The fourth-order valence-electron chi connectivity index (χ4n) is 5.13. The molecule has 3 aromatic rings. The van der Waals surface area contributed by atoms with E-state index in [-0.39, 0.29) is 11.9 Å². The zero-order valence-corrected chi connectivity index (χ0v) is 23.5. The monoisotopic (exact) mass is 612 g/mol. The Morgan fingerprint density at radius 1 is 1.08 bits per heavy atom. The first-order valence-corrected chi connectivity index (χ1v) is 13.8. The van der Waals surface area contributed by atoms with E-state index in [2.05, 4.69) is 52.9 Å². The number of methoxy groups -OCH3 is 1. The zero-order chi connectivity index (χ0) is 25.2. The second-order valence-electron chi connectivity index (χ2n) is 9.30. The molecule has 0 radical (unpaired) electrons. The van der Waals surface area contributed by atoms with Gasteiger partial charge >= 0.3 is 0 Å². The lowest BCUT2D eigenvalue weighted by molar-refractivity contribution is -0.124. The molecular weight excluding hydrogens is 583 g/mol. The van der Waals surface area contributed by atoms with Crippen LogP contribution in [-0.2, 0) is 11.4 Å². The molecule has 0 atom stereocenters. The quantitative estimate of drug-likeness (QED) is 0.175. The standard InChI is InChI=1S/C29H29IN2O3S/c1-31-25(28(33)32(29(31)36)22-12-4-3-5-13-22)16-19-15-24(30)27(26(17-19)34-2)35-18-21-11-8-10-20-9-6-7-14-23(20)21/h6-11,14-17,22H,3-5,12-13,18H2,1-2H3/b25-16-. The Balaban J connectivity index is 1.40. The van der Waals surface area contributed by atoms with Crippen LogP contribution in [0.25, 0.3) is 16.8 Å². The predicted molar refractivity (Wildman–Crippen MR) is 156 cm³/mol. The summed E-state index contributed by atoms with van der Waals surface area (Å²) in [7, 11) is 3.51. The van der Waals surface area contributed by atoms with E-state index in [1.807, 2.05) is 47.2 Å². The summed E-state index contributed by atoms with van der Waals surface area (Å²) in [4.78, 5) is 17.0. The summed E-state index contributed by atoms with van der Waals surface area (Å²) in [5.74, 6) is 1.31. The van der Waals surface area contributed by atoms with Crippen molar-refractivity contribution in [2.75, 3.05) is 14.2 Å². The van der Waals surface area contributed by atoms with Crippen molar-refractivity contribution >= 4 is 62.7 Å². The number of fused-ring (bicyclic) bond motifs is 1. The SMILES string of the molecule is COc1cc(/C=C2/C(=O)N(C3CCCCC3)C(=S)N2C)cc(I)c1OCc1cccc2ccccc12. The molecule has 1 aliphatic heterocycles. The van der Waals surface area contributed by atoms with Crippen LogP contribution < -0.4 is 9.47 Å². The van der Waals surface area contributed by atoms with Gasteiger partial charge in [-0.2, -0.15) is 0 Å². The molecule has 0 bridgehead atoms. The fourth-order valence-corrected chi connectivity index (χ4v) is 6.24. The van der Waals surface area contributed by atoms with Gasteiger partial charge in [0.2, 0.25) is 0 Å². The van der Waals surface area contributed by atoms with Crippen LogP contribution in [0.3, 0.4) is 0 Å². The normalized spacial score (nSPS) is 17.9. The molecule has 0 unspecified atom stereocenters. The van der Waals surface area contributed by atoms with E-state index in [9.17, 15) is 4.79 Å². The van der Waals surface area contributed by atoms with E-state index in [1.54, 1.807) is 7.11 Å². The van der Waals surface area contributed by atoms with Crippen LogP contribution in [-0.4, -0.2) is 41.0 Å². The van der Waals surface area contributed by atoms with Gasteiger partial charge in [0, 0.05) is 13.1 Å². The Bertz CT molecular complexity index is 1340. The number of thiocarbonyl (C=S) groups is 1. The topological polar surface area (TPSA) is 42.0 Å². The van der Waals surface area contributed by atoms with Crippen molar-refractivity contribution in [1.82, 2.24) is 9.80 Å². The van der Waals surface area contributed by atoms with Crippen molar-refractivity contribution in [2.45, 2.75) is 44.8 Å². The van der Waals surface area contributed by atoms with Crippen LogP contribution in [0.15, 0.2) is 60.3 Å². The summed E-state index contributed by atoms with van der Waals surface area (Å²) in [5.41, 5.74) is 2.58. The van der Waals surface area contributed by atoms with Gasteiger partial charge in [0.1, 0.15) is 12.3 Å². The number of hydrogen-bond donors (Lipinski definition) is 0. The summed E-state index contributed by atoms with van der Waals surface area (Å²) in [6.45, 7) is 0.431. The van der Waals surface area contributed by atoms with E-state index < -0.39 is 0 Å². The lowest BCUT2D eigenvalue weighted by atomic mass is 9.94. The smallest absolute Gasteiger partial charge is 0.277 e. The van der Waals surface area contributed by atoms with Gasteiger partial charge in [-0.25, -0.2) is 0 Å². The molecule has 5 rings (SSSR count). The third-order valence-corrected chi connectivity index (χ3v) is 8.31. The van der Waals surface area contributed by atoms with Crippen LogP contribution in [0.1, 0.15) is 43.2 Å². The first-order valence-electron chi connectivity index (χ1n) is 12.3. The Labute approximate surface area is 231 Å². The molecule has 36 heavy (non-hydrogen) atoms. The van der Waals surface area contributed by atoms with Crippen molar-refractivity contribution < 1.29 is 14.3 Å². The van der Waals surface area contributed by atoms with Gasteiger partial charge in [-0.05, 0) is 87.8 Å². The molecule has 1 saturated carbocycles. The van der Waals surface area contributed by atoms with E-state index >= 15 is 0 Å². The van der Waals surface area contributed by atoms with E-state index in [0.717, 1.165) is 40.4 Å². The lowest BCUT2D eigenvalue weighted by Gasteiger charge is -2.30. The van der Waals surface area contributed by atoms with Gasteiger partial charge in [-0.3, -0.25) is 9.69 Å². The molecule has 0 N–H and O–H groups in total. The van der Waals surface area contributed by atoms with Crippen LogP contribution in [0.4, 0.5) is 0 Å². The zero-order valence-electron chi connectivity index (χ0n) is 20.5. The van der Waals surface area contributed by atoms with Gasteiger partial charge in [0.25, 0.3) is 5.91 Å². The van der Waals surface area contributed by atoms with Crippen molar-refractivity contribution in [3.63, 3.8) is 0 Å². The van der Waals surface area contributed by atoms with E-state index in [4.69, 9.17) is 21.7 Å². The molecule has 1 heterocycles. The number of benzene rings is 3. The highest BCUT2D eigenvalue weighted by Crippen LogP contribution is 2.37. The van der Waals surface area contributed by atoms with Gasteiger partial charge < -0.3 is 14.4 Å². The highest BCUT2D eigenvalue weighted by molar-refractivity contribution is 14.1. The van der Waals surface area contributed by atoms with Crippen LogP contribution in [0, 0.1) is 3.57 Å². The number of amides is 1. The predicted octanol–water partition coefficient (Wildman–Crippen LogP) is 6.76. The number of carbonyl (C=O) groups excluding carboxylic acids is 1. The number of nitrogens with zero attached hydrogens (tertiary/aromatic N) is 2. The molecular formula is C29H29IN2O3S. The average Bonchev–Trinajstić information content (AvgIpc) is 3.11. The molecule has 5 nitrogen and oxygen atoms in total. The molecule has 2 aliphatic rings. The molecule has 1 amide bonds. The first kappa shape index (κ1) is 25.0. The van der Waals surface area contributed by atoms with E-state index in [0.29, 0.717) is 28.9 Å². The van der Waals surface area contributed by atoms with Crippen molar-refractivity contribution in [1.29, 1.82) is 0 Å². The van der Waals surface area contributed by atoms with Crippen LogP contribution in [0.2, 0.25) is 0 Å². The highest BCUT2D eigenvalue weighted by atomic mass is 127. The molecule has 1 saturated heterocycles. The number of carbonyl (C=O) groups is 1. The van der Waals surface area contributed by atoms with Crippen molar-refractivity contribution in [3.05, 3.63) is 75.0 Å². The van der Waals surface area contributed by atoms with Gasteiger partial charge in [0.15, 0.2) is 16.6 Å². The largest absolute Gasteiger partial charge is 0.493 e. The maximum atomic E-state index is 13.4. The Kier molecular flexibility index (Phi) is 7.48. The summed E-state index contributed by atoms with van der Waals surface area (Å²) in [5, 5.41) is 2.96. The van der Waals surface area contributed by atoms with Gasteiger partial charge in [-0.1, -0.05) is 61.7 Å². The minimum absolute atomic E-state index is 0.0142.